The van der Waals surface area contributed by atoms with Gasteiger partial charge in [0.05, 0.1) is 6.61 Å². The number of benzene rings is 1. The summed E-state index contributed by atoms with van der Waals surface area (Å²) in [4.78, 5) is 11.9. The first-order valence-electron chi connectivity index (χ1n) is 6.95. The van der Waals surface area contributed by atoms with Crippen LogP contribution >= 0.6 is 0 Å². The summed E-state index contributed by atoms with van der Waals surface area (Å²) in [5.41, 5.74) is 7.70. The van der Waals surface area contributed by atoms with Gasteiger partial charge in [0.1, 0.15) is 6.04 Å². The summed E-state index contributed by atoms with van der Waals surface area (Å²) in [7, 11) is 0. The number of nitrogens with one attached hydrogen (secondary N) is 2. The van der Waals surface area contributed by atoms with Crippen LogP contribution in [0.4, 0.5) is 11.4 Å². The van der Waals surface area contributed by atoms with Crippen molar-refractivity contribution in [2.45, 2.75) is 39.2 Å². The molecule has 20 heavy (non-hydrogen) atoms. The minimum absolute atomic E-state index is 0.242. The highest BCUT2D eigenvalue weighted by Gasteiger charge is 2.19. The molecule has 0 aromatic heterocycles. The molecule has 0 aliphatic heterocycles. The van der Waals surface area contributed by atoms with Crippen LogP contribution in [-0.4, -0.2) is 24.8 Å². The van der Waals surface area contributed by atoms with E-state index in [1.807, 2.05) is 0 Å². The van der Waals surface area contributed by atoms with E-state index in [1.165, 1.54) is 6.21 Å². The first kappa shape index (κ1) is 16.0. The summed E-state index contributed by atoms with van der Waals surface area (Å²) in [6, 6.07) is 4.93. The standard InChI is InChI=1S/C15H23N3O2/c1-3-5-6-14(15(19)20-4-2)18-12-7-8-13(17)11(9-12)10-16/h7-10,14,16,18H,3-6,17H2,1-2H3. The second kappa shape index (κ2) is 8.19. The van der Waals surface area contributed by atoms with Crippen molar-refractivity contribution in [3.05, 3.63) is 23.8 Å². The fourth-order valence-corrected chi connectivity index (χ4v) is 1.89. The van der Waals surface area contributed by atoms with Gasteiger partial charge in [0.25, 0.3) is 0 Å². The Morgan fingerprint density at radius 3 is 2.85 bits per heavy atom. The van der Waals surface area contributed by atoms with Crippen molar-refractivity contribution < 1.29 is 9.53 Å². The lowest BCUT2D eigenvalue weighted by Crippen LogP contribution is -2.31. The van der Waals surface area contributed by atoms with Crippen LogP contribution in [0.25, 0.3) is 0 Å². The molecule has 0 aliphatic carbocycles. The molecule has 0 bridgehead atoms. The summed E-state index contributed by atoms with van der Waals surface area (Å²) in [6.45, 7) is 4.25. The molecule has 4 N–H and O–H groups in total. The second-order valence-corrected chi connectivity index (χ2v) is 4.58. The Morgan fingerprint density at radius 1 is 1.50 bits per heavy atom. The molecule has 0 saturated carbocycles. The summed E-state index contributed by atoms with van der Waals surface area (Å²) < 4.78 is 5.08. The summed E-state index contributed by atoms with van der Waals surface area (Å²) in [6.07, 6.45) is 3.89. The number of carbonyl (C=O) groups excluding carboxylic acids is 1. The molecule has 0 heterocycles. The van der Waals surface area contributed by atoms with Gasteiger partial charge in [0.15, 0.2) is 0 Å². The molecule has 1 rings (SSSR count). The van der Waals surface area contributed by atoms with E-state index in [-0.39, 0.29) is 12.0 Å². The predicted octanol–water partition coefficient (Wildman–Crippen LogP) is 2.80. The summed E-state index contributed by atoms with van der Waals surface area (Å²) >= 11 is 0. The Morgan fingerprint density at radius 2 is 2.25 bits per heavy atom. The average molecular weight is 277 g/mol. The first-order chi connectivity index (χ1) is 9.62. The SMILES string of the molecule is CCCCC(Nc1ccc(N)c(C=N)c1)C(=O)OCC. The largest absolute Gasteiger partial charge is 0.464 e. The molecule has 1 atom stereocenters. The molecule has 5 heteroatoms. The molecule has 0 radical (unpaired) electrons. The third-order valence-corrected chi connectivity index (χ3v) is 3.00. The van der Waals surface area contributed by atoms with Gasteiger partial charge in [0.2, 0.25) is 0 Å². The average Bonchev–Trinajstić information content (AvgIpc) is 2.45. The lowest BCUT2D eigenvalue weighted by atomic mass is 10.1. The summed E-state index contributed by atoms with van der Waals surface area (Å²) in [5, 5.41) is 10.5. The van der Waals surface area contributed by atoms with Crippen molar-refractivity contribution in [1.29, 1.82) is 5.41 Å². The number of unbranched alkanes of at least 4 members (excludes halogenated alkanes) is 1. The highest BCUT2D eigenvalue weighted by Crippen LogP contribution is 2.18. The number of nitrogen functional groups attached to an aromatic ring is 1. The van der Waals surface area contributed by atoms with Gasteiger partial charge in [-0.05, 0) is 31.5 Å². The number of nitrogens with two attached hydrogens (primary N) is 1. The summed E-state index contributed by atoms with van der Waals surface area (Å²) in [5.74, 6) is -0.242. The first-order valence-corrected chi connectivity index (χ1v) is 6.95. The van der Waals surface area contributed by atoms with E-state index in [1.54, 1.807) is 25.1 Å². The quantitative estimate of drug-likeness (QED) is 0.387. The lowest BCUT2D eigenvalue weighted by molar-refractivity contribution is -0.144. The third-order valence-electron chi connectivity index (χ3n) is 3.00. The van der Waals surface area contributed by atoms with Crippen molar-refractivity contribution in [3.8, 4) is 0 Å². The molecular formula is C15H23N3O2. The van der Waals surface area contributed by atoms with E-state index in [9.17, 15) is 4.79 Å². The Balaban J connectivity index is 2.82. The van der Waals surface area contributed by atoms with Gasteiger partial charge in [-0.1, -0.05) is 19.8 Å². The predicted molar refractivity (Wildman–Crippen MR) is 82.3 cm³/mol. The van der Waals surface area contributed by atoms with E-state index < -0.39 is 0 Å². The maximum atomic E-state index is 11.9. The van der Waals surface area contributed by atoms with Crippen molar-refractivity contribution in [2.75, 3.05) is 17.7 Å². The van der Waals surface area contributed by atoms with Crippen molar-refractivity contribution in [2.24, 2.45) is 0 Å². The maximum Gasteiger partial charge on any atom is 0.328 e. The molecule has 1 aromatic rings. The van der Waals surface area contributed by atoms with Crippen molar-refractivity contribution in [3.63, 3.8) is 0 Å². The fourth-order valence-electron chi connectivity index (χ4n) is 1.89. The van der Waals surface area contributed by atoms with Crippen LogP contribution in [-0.2, 0) is 9.53 Å². The Labute approximate surface area is 120 Å². The normalized spacial score (nSPS) is 11.7. The van der Waals surface area contributed by atoms with Gasteiger partial charge < -0.3 is 21.2 Å². The molecule has 1 aromatic carbocycles. The van der Waals surface area contributed by atoms with Crippen LogP contribution in [0, 0.1) is 5.41 Å². The topological polar surface area (TPSA) is 88.2 Å². The van der Waals surface area contributed by atoms with Gasteiger partial charge >= 0.3 is 5.97 Å². The molecule has 0 amide bonds. The van der Waals surface area contributed by atoms with Crippen molar-refractivity contribution in [1.82, 2.24) is 0 Å². The Bertz CT molecular complexity index is 460. The van der Waals surface area contributed by atoms with E-state index in [0.29, 0.717) is 17.9 Å². The molecule has 0 spiro atoms. The number of esters is 1. The highest BCUT2D eigenvalue weighted by molar-refractivity contribution is 5.87. The van der Waals surface area contributed by atoms with Gasteiger partial charge in [-0.3, -0.25) is 0 Å². The van der Waals surface area contributed by atoms with E-state index >= 15 is 0 Å². The van der Waals surface area contributed by atoms with Crippen LogP contribution in [0.15, 0.2) is 18.2 Å². The van der Waals surface area contributed by atoms with Crippen LogP contribution in [0.1, 0.15) is 38.7 Å². The Hall–Kier alpha value is -2.04. The van der Waals surface area contributed by atoms with Crippen LogP contribution < -0.4 is 11.1 Å². The molecule has 110 valence electrons. The van der Waals surface area contributed by atoms with Crippen LogP contribution in [0.5, 0.6) is 0 Å². The monoisotopic (exact) mass is 277 g/mol. The number of anilines is 2. The van der Waals surface area contributed by atoms with E-state index in [0.717, 1.165) is 24.9 Å². The minimum Gasteiger partial charge on any atom is -0.464 e. The lowest BCUT2D eigenvalue weighted by Gasteiger charge is -2.18. The molecule has 0 saturated heterocycles. The van der Waals surface area contributed by atoms with Crippen LogP contribution in [0.3, 0.4) is 0 Å². The van der Waals surface area contributed by atoms with Crippen LogP contribution in [0.2, 0.25) is 0 Å². The van der Waals surface area contributed by atoms with Crippen molar-refractivity contribution >= 4 is 23.6 Å². The molecular weight excluding hydrogens is 254 g/mol. The van der Waals surface area contributed by atoms with Gasteiger partial charge in [-0.15, -0.1) is 0 Å². The third kappa shape index (κ3) is 4.57. The number of hydrogen-bond donors (Lipinski definition) is 3. The van der Waals surface area contributed by atoms with E-state index in [2.05, 4.69) is 12.2 Å². The number of carbonyl (C=O) groups is 1. The van der Waals surface area contributed by atoms with Gasteiger partial charge in [-0.25, -0.2) is 4.79 Å². The number of ether oxygens (including phenoxy) is 1. The van der Waals surface area contributed by atoms with Gasteiger partial charge in [-0.2, -0.15) is 0 Å². The molecule has 0 fully saturated rings. The number of hydrogen-bond acceptors (Lipinski definition) is 5. The zero-order chi connectivity index (χ0) is 15.0. The zero-order valence-corrected chi connectivity index (χ0v) is 12.1. The minimum atomic E-state index is -0.364. The fraction of sp³-hybridized carbons (Fsp3) is 0.467. The smallest absolute Gasteiger partial charge is 0.328 e. The molecule has 0 aliphatic rings. The Kier molecular flexibility index (Phi) is 6.56. The van der Waals surface area contributed by atoms with E-state index in [4.69, 9.17) is 15.9 Å². The zero-order valence-electron chi connectivity index (χ0n) is 12.1. The number of rotatable bonds is 8. The molecule has 1 unspecified atom stereocenters. The van der Waals surface area contributed by atoms with Gasteiger partial charge in [0, 0.05) is 23.2 Å². The highest BCUT2D eigenvalue weighted by atomic mass is 16.5. The second-order valence-electron chi connectivity index (χ2n) is 4.58. The maximum absolute atomic E-state index is 11.9. The molecule has 5 nitrogen and oxygen atoms in total.